The summed E-state index contributed by atoms with van der Waals surface area (Å²) in [6.07, 6.45) is -13.9. The number of likely N-dealkylation sites (tertiary alicyclic amines) is 1. The number of amides is 2. The number of alkyl halides is 9. The van der Waals surface area contributed by atoms with Crippen LogP contribution in [-0.4, -0.2) is 24.0 Å². The lowest BCUT2D eigenvalue weighted by atomic mass is 9.85. The van der Waals surface area contributed by atoms with Crippen molar-refractivity contribution in [2.24, 2.45) is 0 Å². The summed E-state index contributed by atoms with van der Waals surface area (Å²) in [6, 6.07) is 12.8. The van der Waals surface area contributed by atoms with E-state index in [9.17, 15) is 44.3 Å². The highest BCUT2D eigenvalue weighted by Crippen LogP contribution is 2.39. The van der Waals surface area contributed by atoms with Gasteiger partial charge in [0.05, 0.1) is 29.8 Å². The number of nitrogens with zero attached hydrogens (tertiary/aromatic N) is 1. The Balaban J connectivity index is 1.59. The molecule has 4 nitrogen and oxygen atoms in total. The predicted octanol–water partition coefficient (Wildman–Crippen LogP) is 8.48. The molecular weight excluding hydrogens is 567 g/mol. The molecule has 1 aliphatic heterocycles. The Morgan fingerprint density at radius 2 is 1.34 bits per heavy atom. The van der Waals surface area contributed by atoms with Crippen LogP contribution < -0.4 is 5.32 Å². The van der Waals surface area contributed by atoms with Crippen LogP contribution in [0.1, 0.15) is 40.7 Å². The largest absolute Gasteiger partial charge is 0.416 e. The second kappa shape index (κ2) is 11.3. The van der Waals surface area contributed by atoms with E-state index in [0.717, 1.165) is 24.3 Å². The van der Waals surface area contributed by atoms with Crippen molar-refractivity contribution < 1.29 is 49.0 Å². The molecule has 3 aromatic carbocycles. The van der Waals surface area contributed by atoms with Crippen LogP contribution in [0.15, 0.2) is 72.8 Å². The van der Waals surface area contributed by atoms with Crippen LogP contribution in [0, 0.1) is 0 Å². The summed E-state index contributed by atoms with van der Waals surface area (Å²) in [5.41, 5.74) is -4.83. The number of hydrogen-bond acceptors (Lipinski definition) is 2. The fourth-order valence-corrected chi connectivity index (χ4v) is 4.64. The van der Waals surface area contributed by atoms with Crippen molar-refractivity contribution in [1.82, 2.24) is 4.90 Å². The molecule has 1 N–H and O–H groups in total. The van der Waals surface area contributed by atoms with Crippen LogP contribution in [0.5, 0.6) is 0 Å². The first-order chi connectivity index (χ1) is 19.1. The minimum atomic E-state index is -5.02. The molecule has 13 heteroatoms. The van der Waals surface area contributed by atoms with Gasteiger partial charge in [-0.3, -0.25) is 0 Å². The lowest BCUT2D eigenvalue weighted by Crippen LogP contribution is -2.51. The van der Waals surface area contributed by atoms with E-state index >= 15 is 0 Å². The standard InChI is InChI=1S/C28H23F9N2O2/c29-26(30,31)20-7-9-23(10-8-20)38-24(40)39-12-4-11-25(17-39,19-5-2-1-3-6-19)41-16-18-13-21(27(32,33)34)15-22(14-18)28(35,36)37/h1-3,5-10,13-15H,4,11-12,16-17H2,(H,38,40). The van der Waals surface area contributed by atoms with E-state index in [4.69, 9.17) is 4.74 Å². The van der Waals surface area contributed by atoms with Crippen LogP contribution >= 0.6 is 0 Å². The summed E-state index contributed by atoms with van der Waals surface area (Å²) in [6.45, 7) is -0.503. The minimum Gasteiger partial charge on any atom is -0.364 e. The number of ether oxygens (including phenoxy) is 1. The van der Waals surface area contributed by atoms with Crippen molar-refractivity contribution in [3.63, 3.8) is 0 Å². The summed E-state index contributed by atoms with van der Waals surface area (Å²) >= 11 is 0. The highest BCUT2D eigenvalue weighted by atomic mass is 19.4. The summed E-state index contributed by atoms with van der Waals surface area (Å²) in [4.78, 5) is 14.4. The van der Waals surface area contributed by atoms with Crippen LogP contribution in [0.3, 0.4) is 0 Å². The monoisotopic (exact) mass is 590 g/mol. The molecule has 1 atom stereocenters. The van der Waals surface area contributed by atoms with Crippen molar-refractivity contribution in [3.05, 3.63) is 101 Å². The van der Waals surface area contributed by atoms with Crippen LogP contribution in [0.2, 0.25) is 0 Å². The second-order valence-corrected chi connectivity index (χ2v) is 9.59. The first-order valence-electron chi connectivity index (χ1n) is 12.3. The summed E-state index contributed by atoms with van der Waals surface area (Å²) in [5.74, 6) is 0. The number of nitrogens with one attached hydrogen (secondary N) is 1. The normalized spacial score (nSPS) is 18.3. The molecular formula is C28H23F9N2O2. The SMILES string of the molecule is O=C(Nc1ccc(C(F)(F)F)cc1)N1CCCC(OCc2cc(C(F)(F)F)cc(C(F)(F)F)c2)(c2ccccc2)C1. The Bertz CT molecular complexity index is 1320. The van der Waals surface area contributed by atoms with E-state index in [1.165, 1.54) is 4.90 Å². The van der Waals surface area contributed by atoms with Crippen LogP contribution in [-0.2, 0) is 35.5 Å². The summed E-state index contributed by atoms with van der Waals surface area (Å²) in [7, 11) is 0. The van der Waals surface area contributed by atoms with Gasteiger partial charge < -0.3 is 15.0 Å². The van der Waals surface area contributed by atoms with Gasteiger partial charge in [-0.2, -0.15) is 39.5 Å². The number of hydrogen-bond donors (Lipinski definition) is 1. The zero-order chi connectivity index (χ0) is 30.1. The molecule has 1 fully saturated rings. The Kier molecular flexibility index (Phi) is 8.30. The van der Waals surface area contributed by atoms with Gasteiger partial charge in [0, 0.05) is 12.2 Å². The quantitative estimate of drug-likeness (QED) is 0.303. The highest BCUT2D eigenvalue weighted by Gasteiger charge is 2.41. The third-order valence-electron chi connectivity index (χ3n) is 6.67. The number of carbonyl (C=O) groups is 1. The van der Waals surface area contributed by atoms with Crippen molar-refractivity contribution in [1.29, 1.82) is 0 Å². The maximum absolute atomic E-state index is 13.4. The predicted molar refractivity (Wildman–Crippen MR) is 131 cm³/mol. The first kappa shape index (κ1) is 30.2. The van der Waals surface area contributed by atoms with Gasteiger partial charge in [0.2, 0.25) is 0 Å². The molecule has 1 aliphatic rings. The molecule has 220 valence electrons. The average Bonchev–Trinajstić information content (AvgIpc) is 2.91. The second-order valence-electron chi connectivity index (χ2n) is 9.59. The number of halogens is 9. The molecule has 0 saturated carbocycles. The molecule has 0 spiro atoms. The van der Waals surface area contributed by atoms with E-state index in [-0.39, 0.29) is 30.4 Å². The van der Waals surface area contributed by atoms with Gasteiger partial charge in [-0.15, -0.1) is 0 Å². The number of carbonyl (C=O) groups excluding carboxylic acids is 1. The van der Waals surface area contributed by atoms with Gasteiger partial charge in [0.1, 0.15) is 5.60 Å². The molecule has 1 heterocycles. The Labute approximate surface area is 228 Å². The molecule has 0 radical (unpaired) electrons. The van der Waals surface area contributed by atoms with Crippen molar-refractivity contribution in [3.8, 4) is 0 Å². The van der Waals surface area contributed by atoms with Gasteiger partial charge in [-0.25, -0.2) is 4.79 Å². The van der Waals surface area contributed by atoms with Crippen LogP contribution in [0.25, 0.3) is 0 Å². The van der Waals surface area contributed by atoms with Crippen molar-refractivity contribution in [2.45, 2.75) is 43.6 Å². The maximum Gasteiger partial charge on any atom is 0.416 e. The van der Waals surface area contributed by atoms with Gasteiger partial charge in [-0.05, 0) is 66.4 Å². The summed E-state index contributed by atoms with van der Waals surface area (Å²) in [5, 5.41) is 2.52. The zero-order valence-electron chi connectivity index (χ0n) is 21.1. The molecule has 1 saturated heterocycles. The van der Waals surface area contributed by atoms with E-state index in [0.29, 0.717) is 30.5 Å². The molecule has 1 unspecified atom stereocenters. The van der Waals surface area contributed by atoms with Gasteiger partial charge in [0.15, 0.2) is 0 Å². The van der Waals surface area contributed by atoms with Crippen molar-refractivity contribution in [2.75, 3.05) is 18.4 Å². The van der Waals surface area contributed by atoms with Gasteiger partial charge >= 0.3 is 24.6 Å². The van der Waals surface area contributed by atoms with E-state index in [2.05, 4.69) is 5.32 Å². The molecule has 4 rings (SSSR count). The smallest absolute Gasteiger partial charge is 0.364 e. The number of benzene rings is 3. The summed E-state index contributed by atoms with van der Waals surface area (Å²) < 4.78 is 125. The van der Waals surface area contributed by atoms with E-state index in [1.54, 1.807) is 30.3 Å². The zero-order valence-corrected chi connectivity index (χ0v) is 21.1. The third kappa shape index (κ3) is 7.32. The minimum absolute atomic E-state index is 0.0321. The molecule has 0 aromatic heterocycles. The molecule has 3 aromatic rings. The number of piperidine rings is 1. The van der Waals surface area contributed by atoms with Gasteiger partial charge in [-0.1, -0.05) is 30.3 Å². The third-order valence-corrected chi connectivity index (χ3v) is 6.67. The van der Waals surface area contributed by atoms with Gasteiger partial charge in [0.25, 0.3) is 0 Å². The van der Waals surface area contributed by atoms with Crippen molar-refractivity contribution >= 4 is 11.7 Å². The molecule has 0 aliphatic carbocycles. The van der Waals surface area contributed by atoms with E-state index in [1.807, 2.05) is 0 Å². The maximum atomic E-state index is 13.4. The lowest BCUT2D eigenvalue weighted by molar-refractivity contribution is -0.143. The molecule has 2 amide bonds. The topological polar surface area (TPSA) is 41.6 Å². The fraction of sp³-hybridized carbons (Fsp3) is 0.321. The fourth-order valence-electron chi connectivity index (χ4n) is 4.64. The Morgan fingerprint density at radius 3 is 1.88 bits per heavy atom. The van der Waals surface area contributed by atoms with E-state index < -0.39 is 53.5 Å². The lowest BCUT2D eigenvalue weighted by Gasteiger charge is -2.43. The Hall–Kier alpha value is -3.74. The Morgan fingerprint density at radius 1 is 0.780 bits per heavy atom. The number of anilines is 1. The molecule has 0 bridgehead atoms. The highest BCUT2D eigenvalue weighted by molar-refractivity contribution is 5.89. The number of urea groups is 1. The van der Waals surface area contributed by atoms with Crippen LogP contribution in [0.4, 0.5) is 50.0 Å². The number of rotatable bonds is 5. The average molecular weight is 590 g/mol. The first-order valence-corrected chi connectivity index (χ1v) is 12.3. The molecule has 41 heavy (non-hydrogen) atoms.